The molecule has 0 saturated carbocycles. The molecule has 2 unspecified atom stereocenters. The summed E-state index contributed by atoms with van der Waals surface area (Å²) in [6.07, 6.45) is 3.65. The summed E-state index contributed by atoms with van der Waals surface area (Å²) in [4.78, 5) is 5.27. The van der Waals surface area contributed by atoms with Crippen LogP contribution in [-0.4, -0.2) is 30.6 Å². The first kappa shape index (κ1) is 11.3. The van der Waals surface area contributed by atoms with Crippen molar-refractivity contribution in [1.82, 2.24) is 4.90 Å². The Balaban J connectivity index is 2.25. The summed E-state index contributed by atoms with van der Waals surface area (Å²) < 4.78 is 0. The Kier molecular flexibility index (Phi) is 4.77. The van der Waals surface area contributed by atoms with Crippen LogP contribution in [0.1, 0.15) is 33.1 Å². The van der Waals surface area contributed by atoms with Crippen LogP contribution in [0.5, 0.6) is 0 Å². The zero-order chi connectivity index (χ0) is 10.4. The lowest BCUT2D eigenvalue weighted by Crippen LogP contribution is -2.42. The SMILES string of the molecule is CC1CCCN(CCCN=[N+]=[N-])C1C. The minimum atomic E-state index is 0.633. The summed E-state index contributed by atoms with van der Waals surface area (Å²) in [7, 11) is 0. The molecule has 4 nitrogen and oxygen atoms in total. The van der Waals surface area contributed by atoms with E-state index in [1.54, 1.807) is 0 Å². The van der Waals surface area contributed by atoms with Crippen LogP contribution in [0.2, 0.25) is 0 Å². The van der Waals surface area contributed by atoms with Gasteiger partial charge in [-0.3, -0.25) is 0 Å². The van der Waals surface area contributed by atoms with Crippen LogP contribution in [-0.2, 0) is 0 Å². The Bertz CT molecular complexity index is 210. The topological polar surface area (TPSA) is 52.0 Å². The summed E-state index contributed by atoms with van der Waals surface area (Å²) in [5, 5.41) is 3.55. The molecule has 1 heterocycles. The normalized spacial score (nSPS) is 28.4. The predicted molar refractivity (Wildman–Crippen MR) is 58.1 cm³/mol. The molecule has 1 rings (SSSR count). The van der Waals surface area contributed by atoms with Crippen LogP contribution in [0.4, 0.5) is 0 Å². The summed E-state index contributed by atoms with van der Waals surface area (Å²) >= 11 is 0. The molecule has 0 radical (unpaired) electrons. The van der Waals surface area contributed by atoms with E-state index in [1.807, 2.05) is 0 Å². The average Bonchev–Trinajstić information content (AvgIpc) is 2.19. The van der Waals surface area contributed by atoms with E-state index in [0.717, 1.165) is 18.9 Å². The maximum absolute atomic E-state index is 8.14. The molecular formula is C10H20N4. The molecule has 0 spiro atoms. The van der Waals surface area contributed by atoms with Gasteiger partial charge in [-0.2, -0.15) is 0 Å². The van der Waals surface area contributed by atoms with Gasteiger partial charge in [0.1, 0.15) is 0 Å². The molecule has 0 aliphatic carbocycles. The number of hydrogen-bond donors (Lipinski definition) is 0. The van der Waals surface area contributed by atoms with Gasteiger partial charge < -0.3 is 4.90 Å². The van der Waals surface area contributed by atoms with Crippen LogP contribution in [0, 0.1) is 5.92 Å². The van der Waals surface area contributed by atoms with Gasteiger partial charge >= 0.3 is 0 Å². The number of nitrogens with zero attached hydrogens (tertiary/aromatic N) is 4. The number of azide groups is 1. The van der Waals surface area contributed by atoms with Crippen LogP contribution in [0.25, 0.3) is 10.4 Å². The van der Waals surface area contributed by atoms with E-state index in [4.69, 9.17) is 5.53 Å². The molecule has 0 aromatic heterocycles. The first-order chi connectivity index (χ1) is 6.75. The molecule has 0 aromatic rings. The molecule has 14 heavy (non-hydrogen) atoms. The second kappa shape index (κ2) is 5.89. The lowest BCUT2D eigenvalue weighted by Gasteiger charge is -2.37. The van der Waals surface area contributed by atoms with E-state index in [2.05, 4.69) is 28.8 Å². The number of rotatable bonds is 4. The molecule has 0 N–H and O–H groups in total. The maximum Gasteiger partial charge on any atom is 0.0270 e. The van der Waals surface area contributed by atoms with Gasteiger partial charge in [-0.1, -0.05) is 12.0 Å². The van der Waals surface area contributed by atoms with Crippen molar-refractivity contribution in [3.8, 4) is 0 Å². The largest absolute Gasteiger partial charge is 0.300 e. The molecular weight excluding hydrogens is 176 g/mol. The molecule has 80 valence electrons. The van der Waals surface area contributed by atoms with Crippen molar-refractivity contribution in [3.05, 3.63) is 10.4 Å². The van der Waals surface area contributed by atoms with Crippen molar-refractivity contribution in [2.75, 3.05) is 19.6 Å². The highest BCUT2D eigenvalue weighted by atomic mass is 15.2. The molecule has 1 fully saturated rings. The highest BCUT2D eigenvalue weighted by molar-refractivity contribution is 4.78. The number of hydrogen-bond acceptors (Lipinski definition) is 2. The lowest BCUT2D eigenvalue weighted by atomic mass is 9.92. The third kappa shape index (κ3) is 3.20. The van der Waals surface area contributed by atoms with E-state index in [9.17, 15) is 0 Å². The van der Waals surface area contributed by atoms with E-state index in [1.165, 1.54) is 19.4 Å². The maximum atomic E-state index is 8.14. The first-order valence-electron chi connectivity index (χ1n) is 5.50. The molecule has 1 aliphatic rings. The Hall–Kier alpha value is -0.730. The summed E-state index contributed by atoms with van der Waals surface area (Å²) in [5.41, 5.74) is 8.14. The third-order valence-electron chi connectivity index (χ3n) is 3.27. The number of likely N-dealkylation sites (tertiary alicyclic amines) is 1. The van der Waals surface area contributed by atoms with Gasteiger partial charge in [0.2, 0.25) is 0 Å². The smallest absolute Gasteiger partial charge is 0.0270 e. The fourth-order valence-corrected chi connectivity index (χ4v) is 2.13. The first-order valence-corrected chi connectivity index (χ1v) is 5.50. The molecule has 0 aromatic carbocycles. The van der Waals surface area contributed by atoms with E-state index in [-0.39, 0.29) is 0 Å². The van der Waals surface area contributed by atoms with Crippen molar-refractivity contribution in [1.29, 1.82) is 0 Å². The van der Waals surface area contributed by atoms with Crippen molar-refractivity contribution >= 4 is 0 Å². The Morgan fingerprint density at radius 1 is 1.50 bits per heavy atom. The van der Waals surface area contributed by atoms with E-state index >= 15 is 0 Å². The Labute approximate surface area is 85.9 Å². The summed E-state index contributed by atoms with van der Waals surface area (Å²) in [6.45, 7) is 7.54. The predicted octanol–water partition coefficient (Wildman–Crippen LogP) is 2.81. The van der Waals surface area contributed by atoms with Gasteiger partial charge in [0.25, 0.3) is 0 Å². The summed E-state index contributed by atoms with van der Waals surface area (Å²) in [6, 6.07) is 0.690. The molecule has 1 aliphatic heterocycles. The summed E-state index contributed by atoms with van der Waals surface area (Å²) in [5.74, 6) is 0.809. The molecule has 4 heteroatoms. The Morgan fingerprint density at radius 2 is 2.29 bits per heavy atom. The molecule has 0 amide bonds. The fourth-order valence-electron chi connectivity index (χ4n) is 2.13. The second-order valence-corrected chi connectivity index (χ2v) is 4.20. The van der Waals surface area contributed by atoms with Crippen molar-refractivity contribution < 1.29 is 0 Å². The minimum absolute atomic E-state index is 0.633. The van der Waals surface area contributed by atoms with Gasteiger partial charge in [-0.25, -0.2) is 0 Å². The van der Waals surface area contributed by atoms with Crippen molar-refractivity contribution in [3.63, 3.8) is 0 Å². The van der Waals surface area contributed by atoms with Gasteiger partial charge in [0.15, 0.2) is 0 Å². The minimum Gasteiger partial charge on any atom is -0.300 e. The standard InChI is InChI=1S/C10H20N4/c1-9-5-3-7-14(10(9)2)8-4-6-12-13-11/h9-10H,3-8H2,1-2H3. The van der Waals surface area contributed by atoms with Gasteiger partial charge in [0.05, 0.1) is 0 Å². The highest BCUT2D eigenvalue weighted by Crippen LogP contribution is 2.22. The van der Waals surface area contributed by atoms with Gasteiger partial charge in [-0.05, 0) is 50.7 Å². The van der Waals surface area contributed by atoms with Crippen LogP contribution in [0.15, 0.2) is 5.11 Å². The van der Waals surface area contributed by atoms with Crippen LogP contribution < -0.4 is 0 Å². The van der Waals surface area contributed by atoms with Gasteiger partial charge in [0, 0.05) is 17.5 Å². The molecule has 2 atom stereocenters. The van der Waals surface area contributed by atoms with Gasteiger partial charge in [-0.15, -0.1) is 0 Å². The zero-order valence-corrected chi connectivity index (χ0v) is 9.19. The second-order valence-electron chi connectivity index (χ2n) is 4.20. The van der Waals surface area contributed by atoms with Crippen molar-refractivity contribution in [2.45, 2.75) is 39.2 Å². The van der Waals surface area contributed by atoms with Crippen LogP contribution in [0.3, 0.4) is 0 Å². The zero-order valence-electron chi connectivity index (χ0n) is 9.19. The van der Waals surface area contributed by atoms with Crippen LogP contribution >= 0.6 is 0 Å². The molecule has 0 bridgehead atoms. The molecule has 1 saturated heterocycles. The Morgan fingerprint density at radius 3 is 3.00 bits per heavy atom. The highest BCUT2D eigenvalue weighted by Gasteiger charge is 2.23. The number of piperidine rings is 1. The lowest BCUT2D eigenvalue weighted by molar-refractivity contribution is 0.113. The fraction of sp³-hybridized carbons (Fsp3) is 1.00. The van der Waals surface area contributed by atoms with E-state index < -0.39 is 0 Å². The monoisotopic (exact) mass is 196 g/mol. The third-order valence-corrected chi connectivity index (χ3v) is 3.27. The van der Waals surface area contributed by atoms with Crippen molar-refractivity contribution in [2.24, 2.45) is 11.0 Å². The quantitative estimate of drug-likeness (QED) is 0.295. The van der Waals surface area contributed by atoms with E-state index in [0.29, 0.717) is 12.6 Å². The average molecular weight is 196 g/mol.